The predicted octanol–water partition coefficient (Wildman–Crippen LogP) is 8.61. The molecule has 0 heterocycles. The van der Waals surface area contributed by atoms with Crippen LogP contribution in [0.4, 0.5) is 17.1 Å². The average molecular weight is 488 g/mol. The van der Waals surface area contributed by atoms with Gasteiger partial charge in [0.15, 0.2) is 0 Å². The lowest BCUT2D eigenvalue weighted by molar-refractivity contribution is -0.138. The number of anilines is 3. The van der Waals surface area contributed by atoms with Gasteiger partial charge in [0.2, 0.25) is 0 Å². The summed E-state index contributed by atoms with van der Waals surface area (Å²) in [6.07, 6.45) is 4.91. The molecule has 4 aromatic carbocycles. The number of ether oxygens (including phenoxy) is 1. The number of esters is 1. The second kappa shape index (κ2) is 12.0. The van der Waals surface area contributed by atoms with Crippen molar-refractivity contribution in [3.63, 3.8) is 0 Å². The Labute approximate surface area is 220 Å². The summed E-state index contributed by atoms with van der Waals surface area (Å²) in [7, 11) is 0. The van der Waals surface area contributed by atoms with Gasteiger partial charge in [-0.1, -0.05) is 90.5 Å². The maximum atomic E-state index is 11.5. The van der Waals surface area contributed by atoms with E-state index in [2.05, 4.69) is 135 Å². The summed E-state index contributed by atoms with van der Waals surface area (Å²) in [5.74, 6) is -0.341. The van der Waals surface area contributed by atoms with Crippen LogP contribution in [0.3, 0.4) is 0 Å². The number of benzene rings is 4. The third-order valence-electron chi connectivity index (χ3n) is 6.16. The molecule has 0 fully saturated rings. The lowest BCUT2D eigenvalue weighted by Crippen LogP contribution is -2.09. The Morgan fingerprint density at radius 3 is 1.54 bits per heavy atom. The van der Waals surface area contributed by atoms with E-state index in [1.807, 2.05) is 0 Å². The molecule has 0 bridgehead atoms. The van der Waals surface area contributed by atoms with Crippen molar-refractivity contribution in [3.05, 3.63) is 137 Å². The summed E-state index contributed by atoms with van der Waals surface area (Å²) >= 11 is 0. The van der Waals surface area contributed by atoms with Crippen molar-refractivity contribution in [3.8, 4) is 0 Å². The molecule has 0 saturated carbocycles. The number of rotatable bonds is 9. The molecule has 0 aliphatic rings. The number of hydrogen-bond donors (Lipinski definition) is 0. The lowest BCUT2D eigenvalue weighted by atomic mass is 10.1. The van der Waals surface area contributed by atoms with E-state index in [4.69, 9.17) is 4.74 Å². The zero-order valence-corrected chi connectivity index (χ0v) is 21.8. The SMILES string of the molecule is C=C(C)C(=O)OCCc1ccc(C=Cc2ccc(N(c3ccc(C)cc3)c3ccc(C)cc3)cc2)cc1. The minimum absolute atomic E-state index is 0.341. The third-order valence-corrected chi connectivity index (χ3v) is 6.16. The molecule has 186 valence electrons. The Balaban J connectivity index is 1.45. The molecular formula is C34H33NO2. The van der Waals surface area contributed by atoms with Crippen LogP contribution in [0, 0.1) is 13.8 Å². The number of carbonyl (C=O) groups excluding carboxylic acids is 1. The van der Waals surface area contributed by atoms with Gasteiger partial charge < -0.3 is 9.64 Å². The summed E-state index contributed by atoms with van der Waals surface area (Å²) in [6, 6.07) is 34.2. The molecule has 3 nitrogen and oxygen atoms in total. The predicted molar refractivity (Wildman–Crippen MR) is 155 cm³/mol. The van der Waals surface area contributed by atoms with Crippen molar-refractivity contribution in [2.45, 2.75) is 27.2 Å². The van der Waals surface area contributed by atoms with Crippen molar-refractivity contribution in [1.29, 1.82) is 0 Å². The first-order valence-electron chi connectivity index (χ1n) is 12.5. The monoisotopic (exact) mass is 487 g/mol. The Hall–Kier alpha value is -4.37. The summed E-state index contributed by atoms with van der Waals surface area (Å²) in [6.45, 7) is 9.83. The highest BCUT2D eigenvalue weighted by molar-refractivity contribution is 5.86. The number of nitrogens with zero attached hydrogens (tertiary/aromatic N) is 1. The molecule has 37 heavy (non-hydrogen) atoms. The number of aryl methyl sites for hydroxylation is 2. The average Bonchev–Trinajstić information content (AvgIpc) is 2.91. The van der Waals surface area contributed by atoms with Gasteiger partial charge in [0, 0.05) is 29.1 Å². The number of hydrogen-bond acceptors (Lipinski definition) is 3. The van der Waals surface area contributed by atoms with E-state index in [0.29, 0.717) is 18.6 Å². The van der Waals surface area contributed by atoms with Crippen molar-refractivity contribution >= 4 is 35.2 Å². The van der Waals surface area contributed by atoms with E-state index < -0.39 is 0 Å². The van der Waals surface area contributed by atoms with Gasteiger partial charge in [-0.15, -0.1) is 0 Å². The highest BCUT2D eigenvalue weighted by Gasteiger charge is 2.12. The van der Waals surface area contributed by atoms with Gasteiger partial charge >= 0.3 is 5.97 Å². The fourth-order valence-corrected chi connectivity index (χ4v) is 3.94. The minimum Gasteiger partial charge on any atom is -0.462 e. The van der Waals surface area contributed by atoms with E-state index in [9.17, 15) is 4.79 Å². The fourth-order valence-electron chi connectivity index (χ4n) is 3.94. The topological polar surface area (TPSA) is 29.5 Å². The van der Waals surface area contributed by atoms with E-state index in [1.54, 1.807) is 6.92 Å². The first-order chi connectivity index (χ1) is 17.9. The largest absolute Gasteiger partial charge is 0.462 e. The zero-order chi connectivity index (χ0) is 26.2. The van der Waals surface area contributed by atoms with Gasteiger partial charge in [-0.05, 0) is 73.9 Å². The smallest absolute Gasteiger partial charge is 0.333 e. The molecule has 0 amide bonds. The normalized spacial score (nSPS) is 10.9. The van der Waals surface area contributed by atoms with E-state index in [0.717, 1.165) is 33.8 Å². The maximum absolute atomic E-state index is 11.5. The Morgan fingerprint density at radius 1 is 0.703 bits per heavy atom. The highest BCUT2D eigenvalue weighted by atomic mass is 16.5. The minimum atomic E-state index is -0.341. The van der Waals surface area contributed by atoms with Crippen molar-refractivity contribution in [2.75, 3.05) is 11.5 Å². The van der Waals surface area contributed by atoms with Crippen LogP contribution >= 0.6 is 0 Å². The van der Waals surface area contributed by atoms with E-state index in [-0.39, 0.29) is 5.97 Å². The molecule has 0 unspecified atom stereocenters. The molecule has 0 spiro atoms. The van der Waals surface area contributed by atoms with Gasteiger partial charge in [-0.25, -0.2) is 4.79 Å². The third kappa shape index (κ3) is 7.08. The Bertz CT molecular complexity index is 1320. The molecular weight excluding hydrogens is 454 g/mol. The molecule has 0 atom stereocenters. The molecule has 0 aromatic heterocycles. The first-order valence-corrected chi connectivity index (χ1v) is 12.5. The second-order valence-corrected chi connectivity index (χ2v) is 9.34. The lowest BCUT2D eigenvalue weighted by Gasteiger charge is -2.25. The van der Waals surface area contributed by atoms with Crippen molar-refractivity contribution in [2.24, 2.45) is 0 Å². The summed E-state index contributed by atoms with van der Waals surface area (Å²) in [4.78, 5) is 13.8. The van der Waals surface area contributed by atoms with Crippen LogP contribution in [-0.4, -0.2) is 12.6 Å². The molecule has 3 heteroatoms. The Morgan fingerprint density at radius 2 is 1.11 bits per heavy atom. The van der Waals surface area contributed by atoms with Gasteiger partial charge in [0.25, 0.3) is 0 Å². The Kier molecular flexibility index (Phi) is 8.37. The second-order valence-electron chi connectivity index (χ2n) is 9.34. The fraction of sp³-hybridized carbons (Fsp3) is 0.147. The van der Waals surface area contributed by atoms with Crippen molar-refractivity contribution < 1.29 is 9.53 Å². The van der Waals surface area contributed by atoms with Gasteiger partial charge in [-0.3, -0.25) is 0 Å². The first kappa shape index (κ1) is 25.7. The van der Waals surface area contributed by atoms with Crippen molar-refractivity contribution in [1.82, 2.24) is 0 Å². The molecule has 0 aliphatic heterocycles. The van der Waals surface area contributed by atoms with Gasteiger partial charge in [0.1, 0.15) is 0 Å². The summed E-state index contributed by atoms with van der Waals surface area (Å²) < 4.78 is 5.18. The quantitative estimate of drug-likeness (QED) is 0.134. The molecule has 0 N–H and O–H groups in total. The van der Waals surface area contributed by atoms with E-state index >= 15 is 0 Å². The van der Waals surface area contributed by atoms with Gasteiger partial charge in [0.05, 0.1) is 6.61 Å². The highest BCUT2D eigenvalue weighted by Crippen LogP contribution is 2.34. The van der Waals surface area contributed by atoms with Gasteiger partial charge in [-0.2, -0.15) is 0 Å². The molecule has 0 saturated heterocycles. The van der Waals surface area contributed by atoms with E-state index in [1.165, 1.54) is 11.1 Å². The van der Waals surface area contributed by atoms with Crippen LogP contribution < -0.4 is 4.90 Å². The summed E-state index contributed by atoms with van der Waals surface area (Å²) in [5.41, 5.74) is 9.66. The van der Waals surface area contributed by atoms with Crippen LogP contribution in [0.1, 0.15) is 34.7 Å². The standard InChI is InChI=1S/C34H33NO2/c1-25(2)34(36)37-24-23-30-13-11-28(12-14-30)9-10-29-15-21-33(22-16-29)35(31-17-5-26(3)6-18-31)32-19-7-27(4)8-20-32/h5-22H,1,23-24H2,2-4H3. The molecule has 0 aliphatic carbocycles. The molecule has 4 rings (SSSR count). The van der Waals surface area contributed by atoms with Crippen LogP contribution in [0.5, 0.6) is 0 Å². The molecule has 0 radical (unpaired) electrons. The number of carbonyl (C=O) groups is 1. The van der Waals surface area contributed by atoms with Crippen LogP contribution in [0.25, 0.3) is 12.2 Å². The van der Waals surface area contributed by atoms with Crippen LogP contribution in [-0.2, 0) is 16.0 Å². The van der Waals surface area contributed by atoms with Crippen LogP contribution in [0.2, 0.25) is 0 Å². The van der Waals surface area contributed by atoms with Crippen LogP contribution in [0.15, 0.2) is 109 Å². The maximum Gasteiger partial charge on any atom is 0.333 e. The zero-order valence-electron chi connectivity index (χ0n) is 21.8. The summed E-state index contributed by atoms with van der Waals surface area (Å²) in [5, 5.41) is 0. The molecule has 4 aromatic rings.